The van der Waals surface area contributed by atoms with Gasteiger partial charge in [-0.15, -0.1) is 5.54 Å². The number of aliphatic hydroxyl groups is 3. The molecule has 3 N–H and O–H groups in total. The van der Waals surface area contributed by atoms with Gasteiger partial charge in [0, 0.05) is 12.3 Å². The Morgan fingerprint density at radius 1 is 1.16 bits per heavy atom. The highest BCUT2D eigenvalue weighted by atomic mass is 28.3. The van der Waals surface area contributed by atoms with Crippen LogP contribution in [0.3, 0.4) is 0 Å². The molecule has 1 rings (SSSR count). The summed E-state index contributed by atoms with van der Waals surface area (Å²) in [4.78, 5) is 23.5. The molecule has 1 aliphatic rings. The van der Waals surface area contributed by atoms with Gasteiger partial charge in [-0.1, -0.05) is 51.4 Å². The average molecular weight is 465 g/mol. The first kappa shape index (κ1) is 28.8. The van der Waals surface area contributed by atoms with Crippen molar-refractivity contribution in [3.8, 4) is 11.5 Å². The molecule has 182 valence electrons. The van der Waals surface area contributed by atoms with Crippen molar-refractivity contribution in [1.82, 2.24) is 0 Å². The highest BCUT2D eigenvalue weighted by molar-refractivity contribution is 6.83. The molecule has 32 heavy (non-hydrogen) atoms. The summed E-state index contributed by atoms with van der Waals surface area (Å²) >= 11 is 0. The highest BCUT2D eigenvalue weighted by Crippen LogP contribution is 2.37. The van der Waals surface area contributed by atoms with Crippen LogP contribution in [0.25, 0.3) is 0 Å². The van der Waals surface area contributed by atoms with Crippen molar-refractivity contribution in [3.05, 3.63) is 12.2 Å². The molecule has 1 fully saturated rings. The van der Waals surface area contributed by atoms with Crippen molar-refractivity contribution < 1.29 is 24.9 Å². The van der Waals surface area contributed by atoms with Crippen molar-refractivity contribution in [2.24, 2.45) is 11.8 Å². The molecule has 0 aliphatic heterocycles. The van der Waals surface area contributed by atoms with Gasteiger partial charge in [0.2, 0.25) is 0 Å². The number of Topliss-reactive ketones (excluding diaryl/α,β-unsaturated/α-hetero) is 1. The van der Waals surface area contributed by atoms with Crippen LogP contribution in [-0.2, 0) is 9.59 Å². The van der Waals surface area contributed by atoms with Crippen LogP contribution in [0.1, 0.15) is 77.6 Å². The Labute approximate surface area is 195 Å². The predicted octanol–water partition coefficient (Wildman–Crippen LogP) is 4.20. The van der Waals surface area contributed by atoms with Gasteiger partial charge in [-0.2, -0.15) is 0 Å². The Bertz CT molecular complexity index is 685. The Morgan fingerprint density at radius 2 is 1.84 bits per heavy atom. The molecular weight excluding hydrogens is 420 g/mol. The zero-order valence-electron chi connectivity index (χ0n) is 20.5. The van der Waals surface area contributed by atoms with Crippen LogP contribution in [-0.4, -0.2) is 53.3 Å². The van der Waals surface area contributed by atoms with E-state index in [2.05, 4.69) is 38.0 Å². The van der Waals surface area contributed by atoms with Crippen LogP contribution in [0.15, 0.2) is 12.2 Å². The lowest BCUT2D eigenvalue weighted by Crippen LogP contribution is -2.29. The fourth-order valence-electron chi connectivity index (χ4n) is 4.33. The molecule has 0 aromatic carbocycles. The first-order valence-corrected chi connectivity index (χ1v) is 15.8. The predicted molar refractivity (Wildman–Crippen MR) is 132 cm³/mol. The summed E-state index contributed by atoms with van der Waals surface area (Å²) in [6.45, 7) is 8.16. The van der Waals surface area contributed by atoms with E-state index in [0.29, 0.717) is 12.8 Å². The van der Waals surface area contributed by atoms with E-state index in [1.165, 1.54) is 6.08 Å². The largest absolute Gasteiger partial charge is 0.392 e. The summed E-state index contributed by atoms with van der Waals surface area (Å²) in [5.74, 6) is 2.87. The molecule has 0 saturated heterocycles. The molecule has 6 heteroatoms. The van der Waals surface area contributed by atoms with Gasteiger partial charge in [0.25, 0.3) is 0 Å². The summed E-state index contributed by atoms with van der Waals surface area (Å²) in [6.07, 6.45) is 10.7. The molecule has 1 aliphatic carbocycles. The number of unbranched alkanes of at least 4 members (excludes halogenated alkanes) is 3. The Morgan fingerprint density at radius 3 is 2.47 bits per heavy atom. The Hall–Kier alpha value is -1.26. The van der Waals surface area contributed by atoms with E-state index in [0.717, 1.165) is 51.4 Å². The maximum Gasteiger partial charge on any atom is 0.180 e. The quantitative estimate of drug-likeness (QED) is 0.155. The van der Waals surface area contributed by atoms with Gasteiger partial charge >= 0.3 is 0 Å². The number of rotatable bonds is 14. The van der Waals surface area contributed by atoms with Crippen LogP contribution in [0.5, 0.6) is 0 Å². The summed E-state index contributed by atoms with van der Waals surface area (Å²) in [5, 5.41) is 30.3. The smallest absolute Gasteiger partial charge is 0.180 e. The summed E-state index contributed by atoms with van der Waals surface area (Å²) in [5.41, 5.74) is 2.35. The van der Waals surface area contributed by atoms with Crippen molar-refractivity contribution in [1.29, 1.82) is 0 Å². The van der Waals surface area contributed by atoms with Crippen LogP contribution in [0, 0.1) is 23.3 Å². The van der Waals surface area contributed by atoms with E-state index in [1.54, 1.807) is 6.08 Å². The minimum absolute atomic E-state index is 0.0469. The van der Waals surface area contributed by atoms with Gasteiger partial charge in [-0.05, 0) is 63.4 Å². The fourth-order valence-corrected chi connectivity index (χ4v) is 4.94. The molecule has 4 atom stereocenters. The normalized spacial score (nSPS) is 23.2. The molecule has 0 heterocycles. The van der Waals surface area contributed by atoms with Crippen molar-refractivity contribution in [3.63, 3.8) is 0 Å². The van der Waals surface area contributed by atoms with E-state index < -0.39 is 26.4 Å². The third-order valence-corrected chi connectivity index (χ3v) is 7.05. The lowest BCUT2D eigenvalue weighted by atomic mass is 9.83. The summed E-state index contributed by atoms with van der Waals surface area (Å²) in [6, 6.07) is 0. The third kappa shape index (κ3) is 11.0. The molecule has 1 unspecified atom stereocenters. The molecule has 5 nitrogen and oxygen atoms in total. The van der Waals surface area contributed by atoms with Gasteiger partial charge in [0.1, 0.15) is 26.1 Å². The minimum Gasteiger partial charge on any atom is -0.392 e. The molecule has 0 spiro atoms. The number of carbonyl (C=O) groups is 2. The molecule has 0 aromatic heterocycles. The van der Waals surface area contributed by atoms with Gasteiger partial charge in [0.15, 0.2) is 5.78 Å². The Balaban J connectivity index is 2.60. The molecule has 0 aromatic rings. The molecule has 0 radical (unpaired) electrons. The third-order valence-electron chi connectivity index (χ3n) is 6.17. The molecular formula is C26H44O5Si. The zero-order valence-corrected chi connectivity index (χ0v) is 21.5. The van der Waals surface area contributed by atoms with Crippen molar-refractivity contribution in [2.75, 3.05) is 6.61 Å². The fraction of sp³-hybridized carbons (Fsp3) is 0.769. The minimum atomic E-state index is -1.58. The molecule has 0 amide bonds. The van der Waals surface area contributed by atoms with Crippen LogP contribution < -0.4 is 0 Å². The number of hydrogen-bond acceptors (Lipinski definition) is 5. The van der Waals surface area contributed by atoms with Gasteiger partial charge in [0.05, 0.1) is 6.10 Å². The second-order valence-corrected chi connectivity index (χ2v) is 15.1. The van der Waals surface area contributed by atoms with Gasteiger partial charge < -0.3 is 15.3 Å². The van der Waals surface area contributed by atoms with Gasteiger partial charge in [-0.25, -0.2) is 0 Å². The number of carbonyl (C=O) groups excluding carboxylic acids is 2. The molecule has 0 bridgehead atoms. The first-order valence-electron chi connectivity index (χ1n) is 12.3. The lowest BCUT2D eigenvalue weighted by Gasteiger charge is -2.26. The number of allylic oxidation sites excluding steroid dienone is 1. The zero-order chi connectivity index (χ0) is 24.2. The Kier molecular flexibility index (Phi) is 12.7. The van der Waals surface area contributed by atoms with E-state index >= 15 is 0 Å². The SMILES string of the molecule is CCCCC(O)(C#C[Si](C)(C)C)CCC[C@H]1[C@H](O)CC(=O)[C@@H]1CCCCC=CC(=O)CO. The van der Waals surface area contributed by atoms with E-state index in [-0.39, 0.29) is 29.8 Å². The van der Waals surface area contributed by atoms with E-state index in [4.69, 9.17) is 5.11 Å². The standard InChI is InChI=1S/C26H44O5Si/c1-5-6-15-26(31,17-18-32(2,3)4)16-11-14-23-22(24(29)19-25(23)30)13-10-8-7-9-12-21(28)20-27/h9,12,22-23,25,27,30-31H,5-8,10-11,13-16,19-20H2,1-4H3/t22-,23-,25-,26?/m1/s1. The highest BCUT2D eigenvalue weighted by Gasteiger charge is 2.40. The maximum absolute atomic E-state index is 12.4. The van der Waals surface area contributed by atoms with Crippen molar-refractivity contribution in [2.45, 2.75) is 109 Å². The van der Waals surface area contributed by atoms with Crippen LogP contribution in [0.4, 0.5) is 0 Å². The number of ketones is 2. The second kappa shape index (κ2) is 14.1. The van der Waals surface area contributed by atoms with Crippen molar-refractivity contribution >= 4 is 19.6 Å². The first-order chi connectivity index (χ1) is 15.0. The maximum atomic E-state index is 12.4. The number of aliphatic hydroxyl groups excluding tert-OH is 2. The topological polar surface area (TPSA) is 94.8 Å². The van der Waals surface area contributed by atoms with Gasteiger partial charge in [-0.3, -0.25) is 9.59 Å². The van der Waals surface area contributed by atoms with Crippen LogP contribution >= 0.6 is 0 Å². The number of hydrogen-bond donors (Lipinski definition) is 3. The van der Waals surface area contributed by atoms with E-state index in [1.807, 2.05) is 0 Å². The molecule has 1 saturated carbocycles. The lowest BCUT2D eigenvalue weighted by molar-refractivity contribution is -0.121. The average Bonchev–Trinajstić information content (AvgIpc) is 2.99. The van der Waals surface area contributed by atoms with Crippen LogP contribution in [0.2, 0.25) is 19.6 Å². The summed E-state index contributed by atoms with van der Waals surface area (Å²) in [7, 11) is -1.58. The monoisotopic (exact) mass is 464 g/mol. The summed E-state index contributed by atoms with van der Waals surface area (Å²) < 4.78 is 0. The van der Waals surface area contributed by atoms with E-state index in [9.17, 15) is 19.8 Å². The second-order valence-electron chi connectivity index (χ2n) is 10.3.